The van der Waals surface area contributed by atoms with Crippen molar-refractivity contribution in [2.24, 2.45) is 5.92 Å². The molecule has 7 heteroatoms. The lowest BCUT2D eigenvalue weighted by Gasteiger charge is -2.33. The summed E-state index contributed by atoms with van der Waals surface area (Å²) in [5.74, 6) is 0.0620. The van der Waals surface area contributed by atoms with E-state index in [0.29, 0.717) is 44.8 Å². The standard InChI is InChI=1S/C21H28N2O5/c1-3-13-28-17-7-5-16(6-8-17)23-19(24)14-18(20(23)25)22-11-9-15(10-12-22)21(26)27-4-2/h5-8,15,18H,3-4,9-14H2,1-2H3/t18-/m1/s1. The Morgan fingerprint density at radius 1 is 1.11 bits per heavy atom. The molecule has 0 bridgehead atoms. The summed E-state index contributed by atoms with van der Waals surface area (Å²) in [5.41, 5.74) is 0.572. The van der Waals surface area contributed by atoms with Crippen LogP contribution < -0.4 is 9.64 Å². The minimum atomic E-state index is -0.452. The van der Waals surface area contributed by atoms with Crippen LogP contribution in [0.2, 0.25) is 0 Å². The van der Waals surface area contributed by atoms with Crippen molar-refractivity contribution >= 4 is 23.5 Å². The third kappa shape index (κ3) is 4.35. The van der Waals surface area contributed by atoms with Gasteiger partial charge in [0.2, 0.25) is 5.91 Å². The van der Waals surface area contributed by atoms with Gasteiger partial charge in [0.1, 0.15) is 5.75 Å². The molecule has 1 aromatic rings. The zero-order chi connectivity index (χ0) is 20.1. The highest BCUT2D eigenvalue weighted by atomic mass is 16.5. The van der Waals surface area contributed by atoms with Crippen molar-refractivity contribution in [2.45, 2.75) is 45.6 Å². The van der Waals surface area contributed by atoms with Gasteiger partial charge >= 0.3 is 5.97 Å². The molecule has 0 aromatic heterocycles. The van der Waals surface area contributed by atoms with Crippen LogP contribution in [0, 0.1) is 5.92 Å². The topological polar surface area (TPSA) is 76.2 Å². The average Bonchev–Trinajstić information content (AvgIpc) is 3.01. The summed E-state index contributed by atoms with van der Waals surface area (Å²) >= 11 is 0. The molecular formula is C21H28N2O5. The lowest BCUT2D eigenvalue weighted by atomic mass is 9.95. The molecule has 2 aliphatic heterocycles. The van der Waals surface area contributed by atoms with E-state index in [0.717, 1.165) is 12.2 Å². The Kier molecular flexibility index (Phi) is 6.67. The zero-order valence-corrected chi connectivity index (χ0v) is 16.6. The van der Waals surface area contributed by atoms with Crippen molar-refractivity contribution in [3.8, 4) is 5.75 Å². The molecule has 7 nitrogen and oxygen atoms in total. The van der Waals surface area contributed by atoms with E-state index in [1.165, 1.54) is 4.90 Å². The smallest absolute Gasteiger partial charge is 0.309 e. The van der Waals surface area contributed by atoms with Gasteiger partial charge in [-0.15, -0.1) is 0 Å². The predicted octanol–water partition coefficient (Wildman–Crippen LogP) is 2.38. The van der Waals surface area contributed by atoms with Gasteiger partial charge in [-0.3, -0.25) is 19.3 Å². The molecule has 28 heavy (non-hydrogen) atoms. The van der Waals surface area contributed by atoms with Crippen LogP contribution in [0.4, 0.5) is 5.69 Å². The number of ether oxygens (including phenoxy) is 2. The van der Waals surface area contributed by atoms with E-state index in [1.807, 2.05) is 11.8 Å². The Bertz CT molecular complexity index is 710. The second-order valence-corrected chi connectivity index (χ2v) is 7.19. The number of hydrogen-bond acceptors (Lipinski definition) is 6. The molecule has 0 N–H and O–H groups in total. The molecule has 0 saturated carbocycles. The second-order valence-electron chi connectivity index (χ2n) is 7.19. The number of imide groups is 1. The lowest BCUT2D eigenvalue weighted by molar-refractivity contribution is -0.149. The maximum absolute atomic E-state index is 12.9. The number of piperidine rings is 1. The molecule has 2 fully saturated rings. The molecule has 2 aliphatic rings. The summed E-state index contributed by atoms with van der Waals surface area (Å²) in [7, 11) is 0. The van der Waals surface area contributed by atoms with Crippen molar-refractivity contribution in [1.29, 1.82) is 0 Å². The number of anilines is 1. The maximum Gasteiger partial charge on any atom is 0.309 e. The Morgan fingerprint density at radius 2 is 1.79 bits per heavy atom. The van der Waals surface area contributed by atoms with Crippen molar-refractivity contribution < 1.29 is 23.9 Å². The number of amides is 2. The van der Waals surface area contributed by atoms with Gasteiger partial charge in [-0.2, -0.15) is 0 Å². The number of rotatable bonds is 7. The molecule has 0 radical (unpaired) electrons. The van der Waals surface area contributed by atoms with Gasteiger partial charge in [0.15, 0.2) is 0 Å². The van der Waals surface area contributed by atoms with E-state index in [9.17, 15) is 14.4 Å². The maximum atomic E-state index is 12.9. The largest absolute Gasteiger partial charge is 0.494 e. The van der Waals surface area contributed by atoms with Gasteiger partial charge in [0, 0.05) is 0 Å². The Morgan fingerprint density at radius 3 is 2.39 bits per heavy atom. The third-order valence-electron chi connectivity index (χ3n) is 5.28. The number of nitrogens with zero attached hydrogens (tertiary/aromatic N) is 2. The van der Waals surface area contributed by atoms with Crippen molar-refractivity contribution in [2.75, 3.05) is 31.2 Å². The van der Waals surface area contributed by atoms with Gasteiger partial charge < -0.3 is 9.47 Å². The SMILES string of the molecule is CCCOc1ccc(N2C(=O)C[C@@H](N3CCC(C(=O)OCC)CC3)C2=O)cc1. The lowest BCUT2D eigenvalue weighted by Crippen LogP contribution is -2.47. The molecule has 2 heterocycles. The fraction of sp³-hybridized carbons (Fsp3) is 0.571. The summed E-state index contributed by atoms with van der Waals surface area (Å²) in [5, 5.41) is 0. The van der Waals surface area contributed by atoms with Gasteiger partial charge in [0.05, 0.1) is 37.3 Å². The van der Waals surface area contributed by atoms with Crippen LogP contribution in [0.15, 0.2) is 24.3 Å². The second kappa shape index (κ2) is 9.19. The van der Waals surface area contributed by atoms with Crippen LogP contribution in [-0.4, -0.2) is 55.0 Å². The summed E-state index contributed by atoms with van der Waals surface area (Å²) in [6.45, 7) is 6.07. The van der Waals surface area contributed by atoms with Gasteiger partial charge in [-0.25, -0.2) is 4.90 Å². The first-order valence-corrected chi connectivity index (χ1v) is 10.1. The highest BCUT2D eigenvalue weighted by Gasteiger charge is 2.44. The van der Waals surface area contributed by atoms with E-state index in [2.05, 4.69) is 0 Å². The number of esters is 1. The molecule has 2 amide bonds. The minimum absolute atomic E-state index is 0.116. The van der Waals surface area contributed by atoms with Crippen LogP contribution >= 0.6 is 0 Å². The third-order valence-corrected chi connectivity index (χ3v) is 5.28. The molecular weight excluding hydrogens is 360 g/mol. The van der Waals surface area contributed by atoms with Gasteiger partial charge in [-0.05, 0) is 63.5 Å². The van der Waals surface area contributed by atoms with Crippen molar-refractivity contribution in [1.82, 2.24) is 4.90 Å². The van der Waals surface area contributed by atoms with Crippen LogP contribution in [0.5, 0.6) is 5.75 Å². The van der Waals surface area contributed by atoms with Crippen LogP contribution in [0.25, 0.3) is 0 Å². The van der Waals surface area contributed by atoms with Crippen LogP contribution in [0.1, 0.15) is 39.5 Å². The molecule has 152 valence electrons. The minimum Gasteiger partial charge on any atom is -0.494 e. The van der Waals surface area contributed by atoms with Crippen LogP contribution in [0.3, 0.4) is 0 Å². The number of carbonyl (C=O) groups excluding carboxylic acids is 3. The fourth-order valence-corrected chi connectivity index (χ4v) is 3.79. The fourth-order valence-electron chi connectivity index (χ4n) is 3.79. The van der Waals surface area contributed by atoms with Crippen molar-refractivity contribution in [3.05, 3.63) is 24.3 Å². The predicted molar refractivity (Wildman–Crippen MR) is 104 cm³/mol. The monoisotopic (exact) mass is 388 g/mol. The molecule has 3 rings (SSSR count). The molecule has 0 aliphatic carbocycles. The Labute approximate surface area is 165 Å². The highest BCUT2D eigenvalue weighted by molar-refractivity contribution is 6.22. The first-order chi connectivity index (χ1) is 13.5. The summed E-state index contributed by atoms with van der Waals surface area (Å²) in [6.07, 6.45) is 2.40. The van der Waals surface area contributed by atoms with E-state index in [1.54, 1.807) is 31.2 Å². The van der Waals surface area contributed by atoms with Gasteiger partial charge in [-0.1, -0.05) is 6.92 Å². The molecule has 0 unspecified atom stereocenters. The first-order valence-electron chi connectivity index (χ1n) is 10.1. The molecule has 2 saturated heterocycles. The van der Waals surface area contributed by atoms with E-state index < -0.39 is 6.04 Å². The van der Waals surface area contributed by atoms with E-state index in [-0.39, 0.29) is 30.1 Å². The van der Waals surface area contributed by atoms with E-state index in [4.69, 9.17) is 9.47 Å². The molecule has 0 spiro atoms. The summed E-state index contributed by atoms with van der Waals surface area (Å²) < 4.78 is 10.6. The highest BCUT2D eigenvalue weighted by Crippen LogP contribution is 2.30. The number of benzene rings is 1. The molecule has 1 aromatic carbocycles. The quantitative estimate of drug-likeness (QED) is 0.527. The summed E-state index contributed by atoms with van der Waals surface area (Å²) in [6, 6.07) is 6.60. The number of likely N-dealkylation sites (tertiary alicyclic amines) is 1. The Balaban J connectivity index is 1.62. The summed E-state index contributed by atoms with van der Waals surface area (Å²) in [4.78, 5) is 40.6. The Hall–Kier alpha value is -2.41. The first kappa shape index (κ1) is 20.3. The van der Waals surface area contributed by atoms with Crippen LogP contribution in [-0.2, 0) is 19.1 Å². The molecule has 1 atom stereocenters. The zero-order valence-electron chi connectivity index (χ0n) is 16.6. The number of carbonyl (C=O) groups is 3. The van der Waals surface area contributed by atoms with E-state index >= 15 is 0 Å². The van der Waals surface area contributed by atoms with Crippen molar-refractivity contribution in [3.63, 3.8) is 0 Å². The average molecular weight is 388 g/mol. The van der Waals surface area contributed by atoms with Gasteiger partial charge in [0.25, 0.3) is 5.91 Å². The normalized spacial score (nSPS) is 21.2. The number of hydrogen-bond donors (Lipinski definition) is 0.